The van der Waals surface area contributed by atoms with Crippen molar-refractivity contribution in [3.63, 3.8) is 0 Å². The van der Waals surface area contributed by atoms with Crippen molar-refractivity contribution in [2.75, 3.05) is 19.6 Å². The second kappa shape index (κ2) is 6.63. The Balaban J connectivity index is 1.88. The molecule has 1 atom stereocenters. The zero-order valence-corrected chi connectivity index (χ0v) is 11.0. The maximum atomic E-state index is 10.7. The number of aliphatic hydroxyl groups is 1. The van der Waals surface area contributed by atoms with Gasteiger partial charge in [0.25, 0.3) is 5.69 Å². The van der Waals surface area contributed by atoms with Gasteiger partial charge >= 0.3 is 0 Å². The predicted octanol–water partition coefficient (Wildman–Crippen LogP) is 1.98. The van der Waals surface area contributed by atoms with Gasteiger partial charge in [-0.05, 0) is 37.9 Å². The smallest absolute Gasteiger partial charge is 0.269 e. The molecule has 0 unspecified atom stereocenters. The molecule has 1 heterocycles. The fourth-order valence-corrected chi connectivity index (χ4v) is 2.57. The number of hydrogen-bond acceptors (Lipinski definition) is 4. The van der Waals surface area contributed by atoms with Crippen LogP contribution in [0.3, 0.4) is 0 Å². The molecule has 1 aromatic rings. The second-order valence-electron chi connectivity index (χ2n) is 5.15. The number of nitro benzene ring substituents is 1. The van der Waals surface area contributed by atoms with E-state index in [0.29, 0.717) is 13.0 Å². The van der Waals surface area contributed by atoms with Gasteiger partial charge in [0.2, 0.25) is 0 Å². The van der Waals surface area contributed by atoms with Gasteiger partial charge in [-0.3, -0.25) is 10.1 Å². The lowest BCUT2D eigenvalue weighted by atomic mass is 10.1. The van der Waals surface area contributed by atoms with Crippen LogP contribution in [0.2, 0.25) is 0 Å². The van der Waals surface area contributed by atoms with Gasteiger partial charge in [0.1, 0.15) is 0 Å². The van der Waals surface area contributed by atoms with Crippen molar-refractivity contribution in [3.05, 3.63) is 39.9 Å². The topological polar surface area (TPSA) is 66.6 Å². The molecule has 0 bridgehead atoms. The third kappa shape index (κ3) is 4.29. The lowest BCUT2D eigenvalue weighted by Gasteiger charge is -2.28. The highest BCUT2D eigenvalue weighted by atomic mass is 16.6. The molecule has 0 radical (unpaired) electrons. The molecule has 5 heteroatoms. The van der Waals surface area contributed by atoms with E-state index in [1.54, 1.807) is 12.1 Å². The van der Waals surface area contributed by atoms with Crippen LogP contribution in [0, 0.1) is 10.1 Å². The van der Waals surface area contributed by atoms with Crippen LogP contribution in [0.25, 0.3) is 0 Å². The van der Waals surface area contributed by atoms with Crippen LogP contribution in [-0.2, 0) is 6.42 Å². The van der Waals surface area contributed by atoms with Gasteiger partial charge in [-0.2, -0.15) is 0 Å². The molecule has 0 aliphatic carbocycles. The Kier molecular flexibility index (Phi) is 4.87. The number of hydrogen-bond donors (Lipinski definition) is 1. The molecule has 1 N–H and O–H groups in total. The van der Waals surface area contributed by atoms with Crippen molar-refractivity contribution in [1.82, 2.24) is 4.90 Å². The average Bonchev–Trinajstić information content (AvgIpc) is 2.40. The Morgan fingerprint density at radius 3 is 2.74 bits per heavy atom. The van der Waals surface area contributed by atoms with Gasteiger partial charge in [-0.1, -0.05) is 18.6 Å². The number of nitrogens with zero attached hydrogens (tertiary/aromatic N) is 2. The molecule has 1 saturated heterocycles. The first kappa shape index (κ1) is 14.0. The molecule has 2 rings (SSSR count). The van der Waals surface area contributed by atoms with Crippen LogP contribution in [0.15, 0.2) is 24.3 Å². The third-order valence-electron chi connectivity index (χ3n) is 3.51. The summed E-state index contributed by atoms with van der Waals surface area (Å²) < 4.78 is 0. The quantitative estimate of drug-likeness (QED) is 0.652. The lowest BCUT2D eigenvalue weighted by Crippen LogP contribution is -2.37. The van der Waals surface area contributed by atoms with E-state index >= 15 is 0 Å². The van der Waals surface area contributed by atoms with E-state index in [1.807, 2.05) is 6.07 Å². The monoisotopic (exact) mass is 264 g/mol. The van der Waals surface area contributed by atoms with Crippen molar-refractivity contribution in [3.8, 4) is 0 Å². The van der Waals surface area contributed by atoms with Crippen LogP contribution in [0.5, 0.6) is 0 Å². The largest absolute Gasteiger partial charge is 0.391 e. The van der Waals surface area contributed by atoms with Crippen molar-refractivity contribution in [2.24, 2.45) is 0 Å². The fraction of sp³-hybridized carbons (Fsp3) is 0.571. The first-order valence-corrected chi connectivity index (χ1v) is 6.79. The Morgan fingerprint density at radius 2 is 2.05 bits per heavy atom. The summed E-state index contributed by atoms with van der Waals surface area (Å²) in [5.41, 5.74) is 0.904. The van der Waals surface area contributed by atoms with E-state index in [4.69, 9.17) is 0 Å². The number of β-amino-alcohol motifs (C(OH)–C–C–N with tert-alkyl or cyclic N) is 1. The minimum Gasteiger partial charge on any atom is -0.391 e. The summed E-state index contributed by atoms with van der Waals surface area (Å²) in [4.78, 5) is 12.6. The molecule has 1 aliphatic heterocycles. The fourth-order valence-electron chi connectivity index (χ4n) is 2.57. The second-order valence-corrected chi connectivity index (χ2v) is 5.15. The average molecular weight is 264 g/mol. The number of rotatable bonds is 5. The molecule has 19 heavy (non-hydrogen) atoms. The van der Waals surface area contributed by atoms with Gasteiger partial charge in [-0.15, -0.1) is 0 Å². The lowest BCUT2D eigenvalue weighted by molar-refractivity contribution is -0.384. The molecule has 0 saturated carbocycles. The predicted molar refractivity (Wildman–Crippen MR) is 73.1 cm³/mol. The molecule has 5 nitrogen and oxygen atoms in total. The number of benzene rings is 1. The number of aliphatic hydroxyl groups excluding tert-OH is 1. The number of non-ortho nitro benzene ring substituents is 1. The SMILES string of the molecule is O=[N+]([O-])c1cccc(C[C@H](O)CN2CCCCC2)c1. The highest BCUT2D eigenvalue weighted by Gasteiger charge is 2.15. The molecule has 1 fully saturated rings. The highest BCUT2D eigenvalue weighted by molar-refractivity contribution is 5.34. The van der Waals surface area contributed by atoms with Gasteiger partial charge in [0.05, 0.1) is 11.0 Å². The normalized spacial score (nSPS) is 18.2. The molecule has 1 aromatic carbocycles. The van der Waals surface area contributed by atoms with Crippen LogP contribution in [0.1, 0.15) is 24.8 Å². The number of likely N-dealkylation sites (tertiary alicyclic amines) is 1. The van der Waals surface area contributed by atoms with E-state index in [0.717, 1.165) is 18.7 Å². The van der Waals surface area contributed by atoms with Crippen LogP contribution in [-0.4, -0.2) is 40.7 Å². The number of nitro groups is 1. The zero-order valence-electron chi connectivity index (χ0n) is 11.0. The summed E-state index contributed by atoms with van der Waals surface area (Å²) in [6.07, 6.45) is 3.68. The van der Waals surface area contributed by atoms with E-state index in [-0.39, 0.29) is 5.69 Å². The third-order valence-corrected chi connectivity index (χ3v) is 3.51. The maximum Gasteiger partial charge on any atom is 0.269 e. The summed E-state index contributed by atoms with van der Waals surface area (Å²) in [5, 5.41) is 20.8. The van der Waals surface area contributed by atoms with E-state index in [2.05, 4.69) is 4.90 Å². The zero-order chi connectivity index (χ0) is 13.7. The van der Waals surface area contributed by atoms with E-state index in [9.17, 15) is 15.2 Å². The minimum atomic E-state index is -0.458. The van der Waals surface area contributed by atoms with Gasteiger partial charge in [0, 0.05) is 18.7 Å². The van der Waals surface area contributed by atoms with Gasteiger partial charge in [0.15, 0.2) is 0 Å². The Bertz CT molecular complexity index is 430. The molecular formula is C14H20N2O3. The van der Waals surface area contributed by atoms with Crippen LogP contribution in [0.4, 0.5) is 5.69 Å². The molecular weight excluding hydrogens is 244 g/mol. The molecule has 0 spiro atoms. The Labute approximate surface area is 113 Å². The highest BCUT2D eigenvalue weighted by Crippen LogP contribution is 2.15. The molecule has 104 valence electrons. The first-order chi connectivity index (χ1) is 9.15. The standard InChI is InChI=1S/C14H20N2O3/c17-14(11-15-7-2-1-3-8-15)10-12-5-4-6-13(9-12)16(18)19/h4-6,9,14,17H,1-3,7-8,10-11H2/t14-/m0/s1. The van der Waals surface area contributed by atoms with E-state index < -0.39 is 11.0 Å². The van der Waals surface area contributed by atoms with Crippen LogP contribution < -0.4 is 0 Å². The van der Waals surface area contributed by atoms with Crippen molar-refractivity contribution >= 4 is 5.69 Å². The number of piperidine rings is 1. The molecule has 0 amide bonds. The van der Waals surface area contributed by atoms with Crippen molar-refractivity contribution in [2.45, 2.75) is 31.8 Å². The van der Waals surface area contributed by atoms with E-state index in [1.165, 1.54) is 25.3 Å². The van der Waals surface area contributed by atoms with Gasteiger partial charge in [-0.25, -0.2) is 0 Å². The molecule has 1 aliphatic rings. The minimum absolute atomic E-state index is 0.0858. The van der Waals surface area contributed by atoms with Gasteiger partial charge < -0.3 is 10.0 Å². The summed E-state index contributed by atoms with van der Waals surface area (Å²) in [5.74, 6) is 0. The summed E-state index contributed by atoms with van der Waals surface area (Å²) >= 11 is 0. The first-order valence-electron chi connectivity index (χ1n) is 6.79. The van der Waals surface area contributed by atoms with Crippen molar-refractivity contribution < 1.29 is 10.0 Å². The summed E-state index contributed by atoms with van der Waals surface area (Å²) in [7, 11) is 0. The maximum absolute atomic E-state index is 10.7. The summed E-state index contributed by atoms with van der Waals surface area (Å²) in [6.45, 7) is 2.75. The summed E-state index contributed by atoms with van der Waals surface area (Å²) in [6, 6.07) is 6.51. The Morgan fingerprint density at radius 1 is 1.32 bits per heavy atom. The molecule has 0 aromatic heterocycles. The van der Waals surface area contributed by atoms with Crippen LogP contribution >= 0.6 is 0 Å². The Hall–Kier alpha value is -1.46. The van der Waals surface area contributed by atoms with Crippen molar-refractivity contribution in [1.29, 1.82) is 0 Å².